The third kappa shape index (κ3) is 5.40. The van der Waals surface area contributed by atoms with E-state index in [9.17, 15) is 24.7 Å². The van der Waals surface area contributed by atoms with E-state index in [1.165, 1.54) is 36.4 Å². The van der Waals surface area contributed by atoms with Crippen molar-refractivity contribution >= 4 is 31.6 Å². The van der Waals surface area contributed by atoms with Crippen LogP contribution >= 0.6 is 7.60 Å². The minimum atomic E-state index is -3.66. The summed E-state index contributed by atoms with van der Waals surface area (Å²) in [5, 5.41) is 32.4. The Labute approximate surface area is 163 Å². The third-order valence-corrected chi connectivity index (χ3v) is 6.16. The predicted molar refractivity (Wildman–Crippen MR) is 107 cm³/mol. The maximum atomic E-state index is 13.4. The van der Waals surface area contributed by atoms with Gasteiger partial charge in [-0.2, -0.15) is 0 Å². The fraction of sp³-hybridized carbons (Fsp3) is 0.294. The first kappa shape index (κ1) is 22.1. The molecule has 0 fully saturated rings. The summed E-state index contributed by atoms with van der Waals surface area (Å²) in [5.41, 5.74) is 1.23. The van der Waals surface area contributed by atoms with E-state index in [0.717, 1.165) is 0 Å². The zero-order valence-corrected chi connectivity index (χ0v) is 16.4. The lowest BCUT2D eigenvalue weighted by Gasteiger charge is -2.28. The first-order chi connectivity index (χ1) is 13.3. The highest BCUT2D eigenvalue weighted by atomic mass is 31.2. The first-order valence-electron chi connectivity index (χ1n) is 8.66. The summed E-state index contributed by atoms with van der Waals surface area (Å²) in [7, 11) is -5.28. The van der Waals surface area contributed by atoms with Gasteiger partial charge in [0.1, 0.15) is 0 Å². The Kier molecular flexibility index (Phi) is 7.73. The molecule has 1 atom stereocenters. The van der Waals surface area contributed by atoms with Gasteiger partial charge in [-0.25, -0.2) is 0 Å². The topological polar surface area (TPSA) is 131 Å². The Balaban J connectivity index is 2.42. The molecule has 0 aliphatic carbocycles. The molecule has 28 heavy (non-hydrogen) atoms. The van der Waals surface area contributed by atoms with Crippen molar-refractivity contribution in [1.82, 2.24) is 0 Å². The van der Waals surface area contributed by atoms with Crippen LogP contribution in [0, 0.1) is 10.1 Å². The van der Waals surface area contributed by atoms with Gasteiger partial charge in [0.15, 0.2) is 5.78 Å². The third-order valence-electron chi connectivity index (χ3n) is 3.87. The Morgan fingerprint density at radius 1 is 1.07 bits per heavy atom. The van der Waals surface area contributed by atoms with Crippen molar-refractivity contribution in [3.63, 3.8) is 0 Å². The highest BCUT2D eigenvalue weighted by Gasteiger charge is 2.37. The summed E-state index contributed by atoms with van der Waals surface area (Å²) in [6.45, 7) is 3.70. The molecule has 0 heterocycles. The van der Waals surface area contributed by atoms with Crippen LogP contribution in [0.3, 0.4) is 0 Å². The Hall–Kier alpha value is -2.23. The molecule has 0 aliphatic rings. The van der Waals surface area contributed by atoms with E-state index in [1.54, 1.807) is 26.0 Å². The summed E-state index contributed by atoms with van der Waals surface area (Å²) in [4.78, 5) is 10.3. The maximum Gasteiger partial charge on any atom is 0.488 e. The maximum absolute atomic E-state index is 13.4. The van der Waals surface area contributed by atoms with E-state index in [1.807, 2.05) is 0 Å². The number of benzene rings is 2. The van der Waals surface area contributed by atoms with Gasteiger partial charge < -0.3 is 24.4 Å². The van der Waals surface area contributed by atoms with E-state index in [2.05, 4.69) is 5.32 Å². The Bertz CT molecular complexity index is 820. The molecule has 0 spiro atoms. The van der Waals surface area contributed by atoms with E-state index >= 15 is 0 Å². The Morgan fingerprint density at radius 3 is 2.04 bits per heavy atom. The number of non-ortho nitro benzene ring substituents is 1. The van der Waals surface area contributed by atoms with Crippen LogP contribution in [0.15, 0.2) is 48.5 Å². The van der Waals surface area contributed by atoms with Crippen LogP contribution in [-0.4, -0.2) is 35.3 Å². The van der Waals surface area contributed by atoms with Crippen LogP contribution in [0.2, 0.25) is 0 Å². The fourth-order valence-electron chi connectivity index (χ4n) is 2.58. The molecule has 2 rings (SSSR count). The number of anilines is 1. The van der Waals surface area contributed by atoms with Gasteiger partial charge >= 0.3 is 14.7 Å². The van der Waals surface area contributed by atoms with Crippen molar-refractivity contribution in [3.05, 3.63) is 64.2 Å². The van der Waals surface area contributed by atoms with E-state index in [4.69, 9.17) is 9.05 Å². The lowest BCUT2D eigenvalue weighted by molar-refractivity contribution is -0.384. The highest BCUT2D eigenvalue weighted by molar-refractivity contribution is 7.54. The quantitative estimate of drug-likeness (QED) is 0.237. The minimum absolute atomic E-state index is 0.0683. The number of nitrogens with zero attached hydrogens (tertiary/aromatic N) is 1. The molecule has 0 saturated heterocycles. The van der Waals surface area contributed by atoms with E-state index in [-0.39, 0.29) is 24.4 Å². The number of hydrogen-bond acceptors (Lipinski definition) is 8. The van der Waals surface area contributed by atoms with Gasteiger partial charge in [-0.3, -0.25) is 14.7 Å². The van der Waals surface area contributed by atoms with Gasteiger partial charge in [0.25, 0.3) is 5.69 Å². The first-order valence-corrected chi connectivity index (χ1v) is 10.3. The van der Waals surface area contributed by atoms with E-state index in [0.29, 0.717) is 11.3 Å². The second-order valence-corrected chi connectivity index (χ2v) is 7.88. The van der Waals surface area contributed by atoms with Crippen molar-refractivity contribution in [2.75, 3.05) is 18.5 Å². The van der Waals surface area contributed by atoms with Crippen LogP contribution in [0.25, 0.3) is 0 Å². The fourth-order valence-corrected chi connectivity index (χ4v) is 4.52. The lowest BCUT2D eigenvalue weighted by atomic mass is 9.80. The molecule has 0 aliphatic heterocycles. The SMILES string of the molecule is CCOP(=O)(OCC)[C@@H](Nc1ccc([N+](=O)[O-])cc1)c1ccc(B(O)O)cc1. The molecule has 2 aromatic rings. The highest BCUT2D eigenvalue weighted by Crippen LogP contribution is 2.60. The van der Waals surface area contributed by atoms with Crippen LogP contribution in [0.5, 0.6) is 0 Å². The largest absolute Gasteiger partial charge is 0.488 e. The standard InChI is InChI=1S/C17H22BN2O7P/c1-3-26-28(25,27-4-2)17(13-5-7-14(8-6-13)18(21)22)19-15-9-11-16(12-10-15)20(23)24/h5-12,17,19,21-22H,3-4H2,1-2H3/t17-/m1/s1. The van der Waals surface area contributed by atoms with Gasteiger partial charge in [-0.15, -0.1) is 0 Å². The molecule has 0 saturated carbocycles. The average Bonchev–Trinajstić information content (AvgIpc) is 2.67. The number of rotatable bonds is 10. The molecule has 150 valence electrons. The summed E-state index contributed by atoms with van der Waals surface area (Å²) in [5.74, 6) is -0.904. The second-order valence-electron chi connectivity index (χ2n) is 5.77. The molecule has 0 amide bonds. The number of hydrogen-bond donors (Lipinski definition) is 3. The molecular weight excluding hydrogens is 386 g/mol. The van der Waals surface area contributed by atoms with Crippen LogP contribution < -0.4 is 10.8 Å². The van der Waals surface area contributed by atoms with Crippen LogP contribution in [0.4, 0.5) is 11.4 Å². The summed E-state index contributed by atoms with van der Waals surface area (Å²) in [6.07, 6.45) is 0. The van der Waals surface area contributed by atoms with Crippen molar-refractivity contribution in [3.8, 4) is 0 Å². The molecule has 0 bridgehead atoms. The summed E-state index contributed by atoms with van der Waals surface area (Å²) in [6, 6.07) is 11.8. The van der Waals surface area contributed by atoms with Gasteiger partial charge in [0.2, 0.25) is 0 Å². The zero-order chi connectivity index (χ0) is 20.7. The molecule has 0 aromatic heterocycles. The van der Waals surface area contributed by atoms with Crippen LogP contribution in [-0.2, 0) is 13.6 Å². The summed E-state index contributed by atoms with van der Waals surface area (Å²) >= 11 is 0. The smallest absolute Gasteiger partial charge is 0.423 e. The van der Waals surface area contributed by atoms with Crippen molar-refractivity contribution in [2.24, 2.45) is 0 Å². The van der Waals surface area contributed by atoms with E-state index < -0.39 is 25.4 Å². The minimum Gasteiger partial charge on any atom is -0.423 e. The average molecular weight is 408 g/mol. The number of nitro benzene ring substituents is 1. The van der Waals surface area contributed by atoms with Crippen LogP contribution in [0.1, 0.15) is 25.2 Å². The predicted octanol–water partition coefficient (Wildman–Crippen LogP) is 2.65. The molecule has 0 unspecified atom stereocenters. The Morgan fingerprint density at radius 2 is 1.61 bits per heavy atom. The van der Waals surface area contributed by atoms with Crippen molar-refractivity contribution in [1.29, 1.82) is 0 Å². The number of nitro groups is 1. The van der Waals surface area contributed by atoms with Gasteiger partial charge in [0, 0.05) is 17.8 Å². The lowest BCUT2D eigenvalue weighted by Crippen LogP contribution is -2.29. The normalized spacial score (nSPS) is 12.4. The zero-order valence-electron chi connectivity index (χ0n) is 15.5. The van der Waals surface area contributed by atoms with Gasteiger partial charge in [-0.1, -0.05) is 24.3 Å². The van der Waals surface area contributed by atoms with Crippen molar-refractivity contribution in [2.45, 2.75) is 19.6 Å². The number of nitrogens with one attached hydrogen (secondary N) is 1. The molecule has 3 N–H and O–H groups in total. The van der Waals surface area contributed by atoms with Gasteiger partial charge in [-0.05, 0) is 37.0 Å². The summed E-state index contributed by atoms with van der Waals surface area (Å²) < 4.78 is 24.3. The van der Waals surface area contributed by atoms with Gasteiger partial charge in [0.05, 0.1) is 18.1 Å². The van der Waals surface area contributed by atoms with Crippen molar-refractivity contribution < 1.29 is 28.6 Å². The molecule has 11 heteroatoms. The second kappa shape index (κ2) is 9.81. The molecule has 2 aromatic carbocycles. The molecule has 0 radical (unpaired) electrons. The molecule has 9 nitrogen and oxygen atoms in total. The molecular formula is C17H22BN2O7P. The monoisotopic (exact) mass is 408 g/mol.